The van der Waals surface area contributed by atoms with E-state index < -0.39 is 11.9 Å². The first-order valence-corrected chi connectivity index (χ1v) is 8.12. The molecule has 1 aliphatic rings. The number of aromatic nitrogens is 2. The number of hydrogen-bond donors (Lipinski definition) is 1. The first-order valence-electron chi connectivity index (χ1n) is 7.30. The molecule has 1 aliphatic heterocycles. The molecule has 0 saturated carbocycles. The molecule has 1 unspecified atom stereocenters. The summed E-state index contributed by atoms with van der Waals surface area (Å²) in [4.78, 5) is 9.53. The Morgan fingerprint density at radius 2 is 2.17 bits per heavy atom. The van der Waals surface area contributed by atoms with E-state index in [-0.39, 0.29) is 17.7 Å². The summed E-state index contributed by atoms with van der Waals surface area (Å²) in [5, 5.41) is 2.87. The largest absolute Gasteiger partial charge is 0.433 e. The van der Waals surface area contributed by atoms with Crippen LogP contribution in [0.15, 0.2) is 18.2 Å². The number of alkyl halides is 3. The van der Waals surface area contributed by atoms with Crippen molar-refractivity contribution in [2.75, 3.05) is 18.5 Å². The molecule has 4 nitrogen and oxygen atoms in total. The predicted molar refractivity (Wildman–Crippen MR) is 82.5 cm³/mol. The Balaban J connectivity index is 1.88. The molecule has 0 spiro atoms. The van der Waals surface area contributed by atoms with Gasteiger partial charge in [0.05, 0.1) is 16.7 Å². The minimum atomic E-state index is -4.51. The van der Waals surface area contributed by atoms with Crippen molar-refractivity contribution in [3.63, 3.8) is 0 Å². The minimum Gasteiger partial charge on any atom is -0.376 e. The van der Waals surface area contributed by atoms with Crippen molar-refractivity contribution < 1.29 is 17.9 Å². The highest BCUT2D eigenvalue weighted by atomic mass is 32.1. The van der Waals surface area contributed by atoms with Gasteiger partial charge in [-0.25, -0.2) is 9.97 Å². The molecule has 8 heteroatoms. The fraction of sp³-hybridized carbons (Fsp3) is 0.467. The molecule has 23 heavy (non-hydrogen) atoms. The Hall–Kier alpha value is -1.67. The molecule has 0 aromatic carbocycles. The van der Waals surface area contributed by atoms with Crippen LogP contribution in [0.4, 0.5) is 19.1 Å². The summed E-state index contributed by atoms with van der Waals surface area (Å²) in [6.07, 6.45) is -2.65. The molecule has 2 aromatic rings. The smallest absolute Gasteiger partial charge is 0.376 e. The van der Waals surface area contributed by atoms with Crippen LogP contribution in [0, 0.1) is 6.92 Å². The number of rotatable bonds is 4. The monoisotopic (exact) mass is 343 g/mol. The van der Waals surface area contributed by atoms with E-state index in [0.29, 0.717) is 18.0 Å². The summed E-state index contributed by atoms with van der Waals surface area (Å²) in [5.74, 6) is -0.0172. The lowest BCUT2D eigenvalue weighted by atomic mass is 10.2. The van der Waals surface area contributed by atoms with Gasteiger partial charge in [-0.2, -0.15) is 13.2 Å². The van der Waals surface area contributed by atoms with Crippen LogP contribution in [0.5, 0.6) is 0 Å². The van der Waals surface area contributed by atoms with Gasteiger partial charge in [-0.1, -0.05) is 0 Å². The lowest BCUT2D eigenvalue weighted by Crippen LogP contribution is -2.21. The lowest BCUT2D eigenvalue weighted by Gasteiger charge is -2.13. The molecule has 0 amide bonds. The van der Waals surface area contributed by atoms with Gasteiger partial charge in [-0.15, -0.1) is 11.3 Å². The quantitative estimate of drug-likeness (QED) is 0.907. The second-order valence-electron chi connectivity index (χ2n) is 5.39. The maximum Gasteiger partial charge on any atom is 0.433 e. The maximum absolute atomic E-state index is 13.1. The zero-order chi connectivity index (χ0) is 16.4. The molecular formula is C15H16F3N3OS. The van der Waals surface area contributed by atoms with Crippen molar-refractivity contribution >= 4 is 17.3 Å². The number of hydrogen-bond acceptors (Lipinski definition) is 5. The third kappa shape index (κ3) is 4.00. The molecule has 1 N–H and O–H groups in total. The minimum absolute atomic E-state index is 0.000532. The molecule has 0 aliphatic carbocycles. The van der Waals surface area contributed by atoms with Crippen molar-refractivity contribution in [3.8, 4) is 10.6 Å². The van der Waals surface area contributed by atoms with Crippen molar-refractivity contribution in [1.82, 2.24) is 9.97 Å². The topological polar surface area (TPSA) is 47.0 Å². The van der Waals surface area contributed by atoms with E-state index >= 15 is 0 Å². The number of halogens is 3. The summed E-state index contributed by atoms with van der Waals surface area (Å²) in [5.41, 5.74) is -0.663. The highest BCUT2D eigenvalue weighted by Gasteiger charge is 2.34. The van der Waals surface area contributed by atoms with Crippen LogP contribution in [0.2, 0.25) is 0 Å². The van der Waals surface area contributed by atoms with Crippen molar-refractivity contribution in [1.29, 1.82) is 0 Å². The number of ether oxygens (including phenoxy) is 1. The molecule has 0 radical (unpaired) electrons. The highest BCUT2D eigenvalue weighted by molar-refractivity contribution is 7.15. The maximum atomic E-state index is 13.1. The number of anilines is 1. The van der Waals surface area contributed by atoms with Gasteiger partial charge >= 0.3 is 6.18 Å². The van der Waals surface area contributed by atoms with Gasteiger partial charge < -0.3 is 10.1 Å². The second-order valence-corrected chi connectivity index (χ2v) is 6.67. The van der Waals surface area contributed by atoms with Crippen molar-refractivity contribution in [3.05, 3.63) is 28.8 Å². The van der Waals surface area contributed by atoms with Gasteiger partial charge in [0.25, 0.3) is 0 Å². The van der Waals surface area contributed by atoms with Gasteiger partial charge in [0.2, 0.25) is 5.95 Å². The summed E-state index contributed by atoms with van der Waals surface area (Å²) >= 11 is 1.40. The molecule has 1 saturated heterocycles. The second kappa shape index (κ2) is 6.45. The zero-order valence-corrected chi connectivity index (χ0v) is 13.3. The fourth-order valence-electron chi connectivity index (χ4n) is 2.38. The molecule has 1 atom stereocenters. The summed E-state index contributed by atoms with van der Waals surface area (Å²) < 4.78 is 44.7. The van der Waals surface area contributed by atoms with Gasteiger partial charge in [0, 0.05) is 18.0 Å². The fourth-order valence-corrected chi connectivity index (χ4v) is 3.21. The van der Waals surface area contributed by atoms with E-state index in [4.69, 9.17) is 4.74 Å². The predicted octanol–water partition coefficient (Wildman–Crippen LogP) is 4.12. The van der Waals surface area contributed by atoms with Crippen LogP contribution in [0.1, 0.15) is 23.4 Å². The number of aryl methyl sites for hydroxylation is 1. The standard InChI is InChI=1S/C15H16F3N3OS/c1-9-4-5-12(23-9)11-7-13(15(16,17)18)21-14(20-11)19-8-10-3-2-6-22-10/h4-5,7,10H,2-3,6,8H2,1H3,(H,19,20,21). The SMILES string of the molecule is Cc1ccc(-c2cc(C(F)(F)F)nc(NCC3CCCO3)n2)s1. The van der Waals surface area contributed by atoms with Crippen LogP contribution in [-0.4, -0.2) is 29.2 Å². The van der Waals surface area contributed by atoms with E-state index in [1.54, 1.807) is 6.07 Å². The van der Waals surface area contributed by atoms with E-state index in [1.165, 1.54) is 11.3 Å². The zero-order valence-electron chi connectivity index (χ0n) is 12.5. The van der Waals surface area contributed by atoms with E-state index in [2.05, 4.69) is 15.3 Å². The molecule has 2 aromatic heterocycles. The highest BCUT2D eigenvalue weighted by Crippen LogP contribution is 2.33. The molecule has 124 valence electrons. The number of nitrogens with one attached hydrogen (secondary N) is 1. The van der Waals surface area contributed by atoms with Gasteiger partial charge in [-0.3, -0.25) is 0 Å². The van der Waals surface area contributed by atoms with E-state index in [1.807, 2.05) is 13.0 Å². The average Bonchev–Trinajstić information content (AvgIpc) is 3.15. The molecule has 0 bridgehead atoms. The Kier molecular flexibility index (Phi) is 4.54. The van der Waals surface area contributed by atoms with Crippen LogP contribution in [0.3, 0.4) is 0 Å². The van der Waals surface area contributed by atoms with Crippen LogP contribution < -0.4 is 5.32 Å². The molecule has 3 rings (SSSR count). The number of thiophene rings is 1. The Labute approximate surface area is 135 Å². The molecule has 1 fully saturated rings. The first kappa shape index (κ1) is 16.2. The van der Waals surface area contributed by atoms with Gasteiger partial charge in [0.1, 0.15) is 0 Å². The van der Waals surface area contributed by atoms with E-state index in [0.717, 1.165) is 23.8 Å². The summed E-state index contributed by atoms with van der Waals surface area (Å²) in [6.45, 7) is 3.00. The normalized spacial score (nSPS) is 18.3. The third-order valence-corrected chi connectivity index (χ3v) is 4.54. The molecular weight excluding hydrogens is 327 g/mol. The van der Waals surface area contributed by atoms with Gasteiger partial charge in [0.15, 0.2) is 5.69 Å². The van der Waals surface area contributed by atoms with Crippen LogP contribution in [0.25, 0.3) is 10.6 Å². The van der Waals surface area contributed by atoms with Crippen LogP contribution >= 0.6 is 11.3 Å². The number of nitrogens with zero attached hydrogens (tertiary/aromatic N) is 2. The van der Waals surface area contributed by atoms with Gasteiger partial charge in [-0.05, 0) is 38.0 Å². The van der Waals surface area contributed by atoms with Crippen molar-refractivity contribution in [2.45, 2.75) is 32.0 Å². The average molecular weight is 343 g/mol. The lowest BCUT2D eigenvalue weighted by molar-refractivity contribution is -0.141. The Morgan fingerprint density at radius 3 is 2.78 bits per heavy atom. The first-order chi connectivity index (χ1) is 10.9. The molecule has 3 heterocycles. The summed E-state index contributed by atoms with van der Waals surface area (Å²) in [7, 11) is 0. The Morgan fingerprint density at radius 1 is 1.35 bits per heavy atom. The summed E-state index contributed by atoms with van der Waals surface area (Å²) in [6, 6.07) is 4.61. The Bertz CT molecular complexity index is 681. The third-order valence-electron chi connectivity index (χ3n) is 3.52. The van der Waals surface area contributed by atoms with Crippen molar-refractivity contribution in [2.24, 2.45) is 0 Å². The van der Waals surface area contributed by atoms with Crippen LogP contribution in [-0.2, 0) is 10.9 Å². The van der Waals surface area contributed by atoms with E-state index in [9.17, 15) is 13.2 Å².